The number of nitrogens with zero attached hydrogens (tertiary/aromatic N) is 3. The summed E-state index contributed by atoms with van der Waals surface area (Å²) in [5, 5.41) is 4.81. The second-order valence-corrected chi connectivity index (χ2v) is 7.58. The number of anilines is 1. The van der Waals surface area contributed by atoms with Gasteiger partial charge in [0, 0.05) is 36.5 Å². The van der Waals surface area contributed by atoms with Crippen molar-refractivity contribution in [3.05, 3.63) is 76.4 Å². The Balaban J connectivity index is 1.80. The summed E-state index contributed by atoms with van der Waals surface area (Å²) in [7, 11) is 1.60. The van der Waals surface area contributed by atoms with E-state index in [2.05, 4.69) is 15.3 Å². The SMILES string of the molecule is COCCN1C(=O)c2ccccc2C(C(=O)Nc2cnccn2)C1c1cccs1. The van der Waals surface area contributed by atoms with Crippen molar-refractivity contribution in [2.45, 2.75) is 12.0 Å². The topological polar surface area (TPSA) is 84.4 Å². The smallest absolute Gasteiger partial charge is 0.254 e. The van der Waals surface area contributed by atoms with Crippen LogP contribution in [0.15, 0.2) is 60.4 Å². The summed E-state index contributed by atoms with van der Waals surface area (Å²) in [6.07, 6.45) is 4.57. The third-order valence-electron chi connectivity index (χ3n) is 4.91. The van der Waals surface area contributed by atoms with Gasteiger partial charge < -0.3 is 15.0 Å². The van der Waals surface area contributed by atoms with Gasteiger partial charge in [0.05, 0.1) is 24.8 Å². The van der Waals surface area contributed by atoms with E-state index in [0.29, 0.717) is 30.1 Å². The Morgan fingerprint density at radius 3 is 2.83 bits per heavy atom. The lowest BCUT2D eigenvalue weighted by atomic mass is 9.81. The van der Waals surface area contributed by atoms with Crippen LogP contribution in [0.3, 0.4) is 0 Å². The molecule has 2 unspecified atom stereocenters. The summed E-state index contributed by atoms with van der Waals surface area (Å²) in [6.45, 7) is 0.773. The van der Waals surface area contributed by atoms with Crippen molar-refractivity contribution in [3.8, 4) is 0 Å². The van der Waals surface area contributed by atoms with Gasteiger partial charge in [-0.3, -0.25) is 14.6 Å². The molecule has 148 valence electrons. The number of fused-ring (bicyclic) bond motifs is 1. The summed E-state index contributed by atoms with van der Waals surface area (Å²) >= 11 is 1.53. The molecule has 8 heteroatoms. The molecule has 3 aromatic rings. The molecular formula is C21H20N4O3S. The Labute approximate surface area is 172 Å². The molecule has 0 bridgehead atoms. The summed E-state index contributed by atoms with van der Waals surface area (Å²) in [5.74, 6) is -0.535. The van der Waals surface area contributed by atoms with Crippen LogP contribution >= 0.6 is 11.3 Å². The van der Waals surface area contributed by atoms with Crippen LogP contribution in [0.5, 0.6) is 0 Å². The highest BCUT2D eigenvalue weighted by atomic mass is 32.1. The van der Waals surface area contributed by atoms with Gasteiger partial charge in [-0.25, -0.2) is 4.98 Å². The number of amides is 2. The summed E-state index contributed by atoms with van der Waals surface area (Å²) in [4.78, 5) is 37.5. The average molecular weight is 408 g/mol. The van der Waals surface area contributed by atoms with E-state index in [0.717, 1.165) is 4.88 Å². The van der Waals surface area contributed by atoms with Crippen LogP contribution in [0, 0.1) is 0 Å². The highest BCUT2D eigenvalue weighted by Crippen LogP contribution is 2.44. The summed E-state index contributed by atoms with van der Waals surface area (Å²) in [6, 6.07) is 10.7. The monoisotopic (exact) mass is 408 g/mol. The number of carbonyl (C=O) groups is 2. The molecule has 2 atom stereocenters. The normalized spacial score (nSPS) is 18.4. The third-order valence-corrected chi connectivity index (χ3v) is 5.85. The first-order valence-corrected chi connectivity index (χ1v) is 10.1. The van der Waals surface area contributed by atoms with Crippen molar-refractivity contribution in [2.24, 2.45) is 0 Å². The Morgan fingerprint density at radius 1 is 1.24 bits per heavy atom. The maximum Gasteiger partial charge on any atom is 0.254 e. The van der Waals surface area contributed by atoms with Gasteiger partial charge in [-0.1, -0.05) is 24.3 Å². The van der Waals surface area contributed by atoms with E-state index < -0.39 is 12.0 Å². The molecule has 0 spiro atoms. The Kier molecular flexibility index (Phi) is 5.64. The lowest BCUT2D eigenvalue weighted by Gasteiger charge is -2.41. The van der Waals surface area contributed by atoms with Gasteiger partial charge in [0.25, 0.3) is 5.91 Å². The fourth-order valence-corrected chi connectivity index (χ4v) is 4.53. The minimum atomic E-state index is -0.582. The predicted octanol–water partition coefficient (Wildman–Crippen LogP) is 3.10. The van der Waals surface area contributed by atoms with Crippen LogP contribution < -0.4 is 5.32 Å². The van der Waals surface area contributed by atoms with E-state index in [1.54, 1.807) is 24.3 Å². The van der Waals surface area contributed by atoms with E-state index >= 15 is 0 Å². The zero-order chi connectivity index (χ0) is 20.2. The molecule has 0 radical (unpaired) electrons. The zero-order valence-electron chi connectivity index (χ0n) is 15.8. The van der Waals surface area contributed by atoms with Crippen LogP contribution in [0.25, 0.3) is 0 Å². The van der Waals surface area contributed by atoms with Crippen molar-refractivity contribution in [2.75, 3.05) is 25.6 Å². The highest BCUT2D eigenvalue weighted by molar-refractivity contribution is 7.10. The van der Waals surface area contributed by atoms with Crippen LogP contribution in [-0.2, 0) is 9.53 Å². The third kappa shape index (κ3) is 3.76. The highest BCUT2D eigenvalue weighted by Gasteiger charge is 2.44. The van der Waals surface area contributed by atoms with Crippen LogP contribution in [0.4, 0.5) is 5.82 Å². The number of aromatic nitrogens is 2. The number of carbonyl (C=O) groups excluding carboxylic acids is 2. The molecule has 2 aromatic heterocycles. The number of hydrogen-bond acceptors (Lipinski definition) is 6. The van der Waals surface area contributed by atoms with E-state index in [9.17, 15) is 9.59 Å². The van der Waals surface area contributed by atoms with Gasteiger partial charge in [-0.05, 0) is 23.1 Å². The molecule has 3 heterocycles. The summed E-state index contributed by atoms with van der Waals surface area (Å²) in [5.41, 5.74) is 1.25. The number of methoxy groups -OCH3 is 1. The van der Waals surface area contributed by atoms with Gasteiger partial charge in [0.1, 0.15) is 0 Å². The van der Waals surface area contributed by atoms with Crippen LogP contribution in [0.1, 0.15) is 32.8 Å². The molecule has 1 N–H and O–H groups in total. The molecule has 1 aliphatic heterocycles. The number of thiophene rings is 1. The van der Waals surface area contributed by atoms with Crippen molar-refractivity contribution < 1.29 is 14.3 Å². The molecule has 29 heavy (non-hydrogen) atoms. The minimum Gasteiger partial charge on any atom is -0.383 e. The van der Waals surface area contributed by atoms with Gasteiger partial charge in [0.15, 0.2) is 5.82 Å². The first kappa shape index (κ1) is 19.2. The molecule has 0 saturated carbocycles. The van der Waals surface area contributed by atoms with Gasteiger partial charge in [0.2, 0.25) is 5.91 Å². The van der Waals surface area contributed by atoms with Crippen LogP contribution in [-0.4, -0.2) is 46.9 Å². The number of benzene rings is 1. The molecule has 0 fully saturated rings. The van der Waals surface area contributed by atoms with Gasteiger partial charge in [-0.15, -0.1) is 11.3 Å². The van der Waals surface area contributed by atoms with Gasteiger partial charge in [-0.2, -0.15) is 0 Å². The number of nitrogens with one attached hydrogen (secondary N) is 1. The van der Waals surface area contributed by atoms with E-state index in [1.165, 1.54) is 23.7 Å². The second kappa shape index (κ2) is 8.50. The quantitative estimate of drug-likeness (QED) is 0.678. The van der Waals surface area contributed by atoms with Crippen LogP contribution in [0.2, 0.25) is 0 Å². The molecule has 0 aliphatic carbocycles. The lowest BCUT2D eigenvalue weighted by Crippen LogP contribution is -2.47. The molecule has 1 aromatic carbocycles. The molecular weight excluding hydrogens is 388 g/mol. The molecule has 7 nitrogen and oxygen atoms in total. The van der Waals surface area contributed by atoms with E-state index in [4.69, 9.17) is 4.74 Å². The molecule has 4 rings (SSSR count). The fraction of sp³-hybridized carbons (Fsp3) is 0.238. The second-order valence-electron chi connectivity index (χ2n) is 6.60. The van der Waals surface area contributed by atoms with Crippen molar-refractivity contribution in [1.82, 2.24) is 14.9 Å². The van der Waals surface area contributed by atoms with Crippen molar-refractivity contribution >= 4 is 29.0 Å². The Morgan fingerprint density at radius 2 is 2.10 bits per heavy atom. The largest absolute Gasteiger partial charge is 0.383 e. The Bertz CT molecular complexity index is 994. The minimum absolute atomic E-state index is 0.0976. The Hall–Kier alpha value is -3.10. The number of rotatable bonds is 6. The van der Waals surface area contributed by atoms with Gasteiger partial charge >= 0.3 is 0 Å². The van der Waals surface area contributed by atoms with E-state index in [-0.39, 0.29) is 11.8 Å². The average Bonchev–Trinajstić information content (AvgIpc) is 3.28. The first-order valence-electron chi connectivity index (χ1n) is 9.20. The van der Waals surface area contributed by atoms with Crippen molar-refractivity contribution in [3.63, 3.8) is 0 Å². The predicted molar refractivity (Wildman–Crippen MR) is 110 cm³/mol. The lowest BCUT2D eigenvalue weighted by molar-refractivity contribution is -0.119. The first-order chi connectivity index (χ1) is 14.2. The molecule has 0 saturated heterocycles. The molecule has 1 aliphatic rings. The number of ether oxygens (including phenoxy) is 1. The van der Waals surface area contributed by atoms with E-state index in [1.807, 2.05) is 35.7 Å². The summed E-state index contributed by atoms with van der Waals surface area (Å²) < 4.78 is 5.23. The fourth-order valence-electron chi connectivity index (χ4n) is 3.65. The van der Waals surface area contributed by atoms with Crippen molar-refractivity contribution in [1.29, 1.82) is 0 Å². The maximum absolute atomic E-state index is 13.4. The molecule has 2 amide bonds. The zero-order valence-corrected chi connectivity index (χ0v) is 16.6. The number of hydrogen-bond donors (Lipinski definition) is 1. The maximum atomic E-state index is 13.4. The standard InChI is InChI=1S/C21H20N4O3S/c1-28-11-10-25-19(16-7-4-12-29-16)18(14-5-2-3-6-15(14)21(25)27)20(26)24-17-13-22-8-9-23-17/h2-9,12-13,18-19H,10-11H2,1H3,(H,23,24,26).